The van der Waals surface area contributed by atoms with Crippen LogP contribution in [0.15, 0.2) is 36.5 Å². The largest absolute Gasteiger partial charge is 0.507 e. The van der Waals surface area contributed by atoms with Crippen LogP contribution in [0.1, 0.15) is 39.9 Å². The molecule has 0 aliphatic rings. The number of carboxylic acids is 1. The fourth-order valence-electron chi connectivity index (χ4n) is 2.69. The van der Waals surface area contributed by atoms with Crippen LogP contribution in [0, 0.1) is 0 Å². The molecule has 2 heterocycles. The molecule has 7 nitrogen and oxygen atoms in total. The van der Waals surface area contributed by atoms with Crippen molar-refractivity contribution in [2.24, 2.45) is 0 Å². The van der Waals surface area contributed by atoms with Gasteiger partial charge in [-0.15, -0.1) is 0 Å². The van der Waals surface area contributed by atoms with Crippen molar-refractivity contribution in [3.05, 3.63) is 58.5 Å². The van der Waals surface area contributed by atoms with E-state index in [1.54, 1.807) is 22.7 Å². The smallest absolute Gasteiger partial charge is 0.339 e. The lowest BCUT2D eigenvalue weighted by Crippen LogP contribution is -2.16. The van der Waals surface area contributed by atoms with Gasteiger partial charge in [-0.05, 0) is 36.8 Å². The van der Waals surface area contributed by atoms with Gasteiger partial charge in [-0.2, -0.15) is 0 Å². The molecule has 1 aromatic carbocycles. The summed E-state index contributed by atoms with van der Waals surface area (Å²) in [4.78, 5) is 28.5. The molecule has 8 heteroatoms. The fraction of sp³-hybridized carbons (Fsp3) is 0.167. The summed E-state index contributed by atoms with van der Waals surface area (Å²) in [5.41, 5.74) is 1.53. The molecule has 0 bridgehead atoms. The average Bonchev–Trinajstić information content (AvgIpc) is 2.94. The first kappa shape index (κ1) is 17.8. The van der Waals surface area contributed by atoms with E-state index in [1.165, 1.54) is 18.2 Å². The monoisotopic (exact) mass is 373 g/mol. The number of amides is 1. The van der Waals surface area contributed by atoms with Crippen LogP contribution in [0.3, 0.4) is 0 Å². The molecule has 0 aliphatic heterocycles. The zero-order valence-corrected chi connectivity index (χ0v) is 14.6. The Labute approximate surface area is 153 Å². The van der Waals surface area contributed by atoms with Crippen molar-refractivity contribution in [3.63, 3.8) is 0 Å². The number of carbonyl (C=O) groups excluding carboxylic acids is 1. The summed E-state index contributed by atoms with van der Waals surface area (Å²) in [5.74, 6) is -2.10. The molecule has 0 radical (unpaired) electrons. The van der Waals surface area contributed by atoms with E-state index in [0.717, 1.165) is 6.42 Å². The van der Waals surface area contributed by atoms with Crippen LogP contribution < -0.4 is 5.32 Å². The zero-order chi connectivity index (χ0) is 18.8. The number of carboxylic acid groups (broad SMARTS) is 1. The Kier molecular flexibility index (Phi) is 4.81. The van der Waals surface area contributed by atoms with E-state index in [9.17, 15) is 14.7 Å². The topological polar surface area (TPSA) is 104 Å². The minimum absolute atomic E-state index is 0.254. The lowest BCUT2D eigenvalue weighted by Gasteiger charge is -2.09. The standard InChI is InChI=1S/C18H16ClN3O4/c1-2-3-13-16(22-9-10(19)4-7-15(22)21-13)17(24)20-11-5-6-14(23)12(8-11)18(25)26/h4-9,23H,2-3H2,1H3,(H,20,24)(H,25,26). The number of benzene rings is 1. The van der Waals surface area contributed by atoms with Crippen LogP contribution in [-0.2, 0) is 6.42 Å². The summed E-state index contributed by atoms with van der Waals surface area (Å²) in [5, 5.41) is 21.8. The first-order valence-corrected chi connectivity index (χ1v) is 8.32. The number of aryl methyl sites for hydroxylation is 1. The van der Waals surface area contributed by atoms with E-state index in [0.29, 0.717) is 28.5 Å². The molecule has 0 spiro atoms. The first-order chi connectivity index (χ1) is 12.4. The number of imidazole rings is 1. The summed E-state index contributed by atoms with van der Waals surface area (Å²) >= 11 is 6.04. The number of anilines is 1. The van der Waals surface area contributed by atoms with E-state index < -0.39 is 11.9 Å². The summed E-state index contributed by atoms with van der Waals surface area (Å²) in [6, 6.07) is 7.26. The number of aromatic carboxylic acids is 1. The molecule has 0 fully saturated rings. The molecule has 3 rings (SSSR count). The second-order valence-electron chi connectivity index (χ2n) is 5.72. The number of pyridine rings is 1. The lowest BCUT2D eigenvalue weighted by molar-refractivity contribution is 0.0693. The molecule has 26 heavy (non-hydrogen) atoms. The number of aromatic nitrogens is 2. The van der Waals surface area contributed by atoms with Crippen molar-refractivity contribution < 1.29 is 19.8 Å². The molecule has 0 aliphatic carbocycles. The van der Waals surface area contributed by atoms with Crippen molar-refractivity contribution in [3.8, 4) is 5.75 Å². The molecular formula is C18H16ClN3O4. The third-order valence-corrected chi connectivity index (χ3v) is 4.06. The number of hydrogen-bond donors (Lipinski definition) is 3. The first-order valence-electron chi connectivity index (χ1n) is 7.95. The number of carbonyl (C=O) groups is 2. The van der Waals surface area contributed by atoms with E-state index in [-0.39, 0.29) is 17.0 Å². The van der Waals surface area contributed by atoms with Crippen molar-refractivity contribution in [1.29, 1.82) is 0 Å². The molecule has 3 aromatic rings. The summed E-state index contributed by atoms with van der Waals surface area (Å²) in [7, 11) is 0. The highest BCUT2D eigenvalue weighted by Crippen LogP contribution is 2.23. The van der Waals surface area contributed by atoms with Crippen LogP contribution in [0.25, 0.3) is 5.65 Å². The molecule has 0 atom stereocenters. The van der Waals surface area contributed by atoms with Crippen molar-refractivity contribution in [1.82, 2.24) is 9.38 Å². The molecule has 0 saturated carbocycles. The van der Waals surface area contributed by atoms with Crippen LogP contribution in [0.4, 0.5) is 5.69 Å². The maximum absolute atomic E-state index is 12.8. The number of hydrogen-bond acceptors (Lipinski definition) is 4. The Balaban J connectivity index is 2.02. The van der Waals surface area contributed by atoms with E-state index in [4.69, 9.17) is 16.7 Å². The highest BCUT2D eigenvalue weighted by Gasteiger charge is 2.20. The quantitative estimate of drug-likeness (QED) is 0.593. The Morgan fingerprint density at radius 2 is 2.04 bits per heavy atom. The van der Waals surface area contributed by atoms with Gasteiger partial charge in [-0.25, -0.2) is 9.78 Å². The number of rotatable bonds is 5. The normalized spacial score (nSPS) is 10.8. The van der Waals surface area contributed by atoms with Gasteiger partial charge in [0.2, 0.25) is 0 Å². The molecule has 134 valence electrons. The lowest BCUT2D eigenvalue weighted by atomic mass is 10.1. The number of phenols is 1. The van der Waals surface area contributed by atoms with Crippen LogP contribution in [-0.4, -0.2) is 31.5 Å². The van der Waals surface area contributed by atoms with Crippen molar-refractivity contribution >= 4 is 34.8 Å². The second kappa shape index (κ2) is 7.05. The van der Waals surface area contributed by atoms with Crippen LogP contribution >= 0.6 is 11.6 Å². The number of nitrogens with zero attached hydrogens (tertiary/aromatic N) is 2. The Hall–Kier alpha value is -3.06. The van der Waals surface area contributed by atoms with Gasteiger partial charge < -0.3 is 15.5 Å². The zero-order valence-electron chi connectivity index (χ0n) is 13.9. The van der Waals surface area contributed by atoms with Gasteiger partial charge in [0.1, 0.15) is 22.7 Å². The third kappa shape index (κ3) is 3.34. The van der Waals surface area contributed by atoms with Crippen LogP contribution in [0.2, 0.25) is 5.02 Å². The summed E-state index contributed by atoms with van der Waals surface area (Å²) in [6.07, 6.45) is 3.02. The highest BCUT2D eigenvalue weighted by atomic mass is 35.5. The van der Waals surface area contributed by atoms with Crippen LogP contribution in [0.5, 0.6) is 5.75 Å². The predicted molar refractivity (Wildman–Crippen MR) is 97.2 cm³/mol. The highest BCUT2D eigenvalue weighted by molar-refractivity contribution is 6.30. The Bertz CT molecular complexity index is 1010. The SMILES string of the molecule is CCCc1nc2ccc(Cl)cn2c1C(=O)Nc1ccc(O)c(C(=O)O)c1. The molecule has 0 unspecified atom stereocenters. The third-order valence-electron chi connectivity index (χ3n) is 3.84. The van der Waals surface area contributed by atoms with E-state index in [2.05, 4.69) is 10.3 Å². The summed E-state index contributed by atoms with van der Waals surface area (Å²) < 4.78 is 1.61. The van der Waals surface area contributed by atoms with Crippen molar-refractivity contribution in [2.75, 3.05) is 5.32 Å². The van der Waals surface area contributed by atoms with Gasteiger partial charge in [0.05, 0.1) is 10.7 Å². The predicted octanol–water partition coefficient (Wildman–Crippen LogP) is 3.60. The van der Waals surface area contributed by atoms with Gasteiger partial charge in [-0.1, -0.05) is 24.9 Å². The Morgan fingerprint density at radius 3 is 2.73 bits per heavy atom. The maximum Gasteiger partial charge on any atom is 0.339 e. The number of aromatic hydroxyl groups is 1. The molecule has 2 aromatic heterocycles. The minimum Gasteiger partial charge on any atom is -0.507 e. The maximum atomic E-state index is 12.8. The van der Waals surface area contributed by atoms with Gasteiger partial charge in [-0.3, -0.25) is 9.20 Å². The van der Waals surface area contributed by atoms with Gasteiger partial charge in [0.15, 0.2) is 0 Å². The molecule has 1 amide bonds. The average molecular weight is 374 g/mol. The molecular weight excluding hydrogens is 358 g/mol. The fourth-order valence-corrected chi connectivity index (χ4v) is 2.85. The number of fused-ring (bicyclic) bond motifs is 1. The van der Waals surface area contributed by atoms with Gasteiger partial charge in [0, 0.05) is 11.9 Å². The molecule has 0 saturated heterocycles. The second-order valence-corrected chi connectivity index (χ2v) is 6.16. The number of nitrogens with one attached hydrogen (secondary N) is 1. The van der Waals surface area contributed by atoms with E-state index >= 15 is 0 Å². The number of halogens is 1. The van der Waals surface area contributed by atoms with E-state index in [1.807, 2.05) is 6.92 Å². The summed E-state index contributed by atoms with van der Waals surface area (Å²) in [6.45, 7) is 1.98. The minimum atomic E-state index is -1.29. The Morgan fingerprint density at radius 1 is 1.27 bits per heavy atom. The van der Waals surface area contributed by atoms with Gasteiger partial charge in [0.25, 0.3) is 5.91 Å². The van der Waals surface area contributed by atoms with Gasteiger partial charge >= 0.3 is 5.97 Å². The van der Waals surface area contributed by atoms with Crippen molar-refractivity contribution in [2.45, 2.75) is 19.8 Å². The molecule has 3 N–H and O–H groups in total.